The van der Waals surface area contributed by atoms with Crippen molar-refractivity contribution in [3.63, 3.8) is 0 Å². The smallest absolute Gasteiger partial charge is 0.258 e. The van der Waals surface area contributed by atoms with Gasteiger partial charge in [-0.25, -0.2) is 9.37 Å². The molecule has 2 N–H and O–H groups in total. The monoisotopic (exact) mass is 353 g/mol. The van der Waals surface area contributed by atoms with Crippen LogP contribution in [-0.4, -0.2) is 15.9 Å². The molecule has 26 heavy (non-hydrogen) atoms. The molecule has 6 heteroatoms. The highest BCUT2D eigenvalue weighted by atomic mass is 19.1. The molecule has 1 heterocycles. The molecular weight excluding hydrogens is 333 g/mol. The van der Waals surface area contributed by atoms with E-state index in [1.54, 1.807) is 36.4 Å². The quantitative estimate of drug-likeness (QED) is 0.715. The molecule has 0 saturated heterocycles. The highest BCUT2D eigenvalue weighted by Crippen LogP contribution is 2.12. The van der Waals surface area contributed by atoms with E-state index in [0.29, 0.717) is 28.7 Å². The average Bonchev–Trinajstić information content (AvgIpc) is 2.61. The van der Waals surface area contributed by atoms with Crippen LogP contribution in [0, 0.1) is 11.7 Å². The number of H-pyrrole nitrogens is 1. The molecule has 1 atom stereocenters. The largest absolute Gasteiger partial charge is 0.352 e. The molecule has 0 bridgehead atoms. The van der Waals surface area contributed by atoms with Gasteiger partial charge in [0.2, 0.25) is 5.91 Å². The maximum absolute atomic E-state index is 13.6. The second kappa shape index (κ2) is 7.91. The number of amides is 1. The predicted molar refractivity (Wildman–Crippen MR) is 98.1 cm³/mol. The third-order valence-corrected chi connectivity index (χ3v) is 4.17. The number of hydrogen-bond donors (Lipinski definition) is 2. The number of rotatable bonds is 6. The Balaban J connectivity index is 1.58. The molecule has 0 unspecified atom stereocenters. The summed E-state index contributed by atoms with van der Waals surface area (Å²) in [6.45, 7) is 2.07. The Hall–Kier alpha value is -3.02. The van der Waals surface area contributed by atoms with Gasteiger partial charge in [0.25, 0.3) is 5.56 Å². The molecular formula is C20H20FN3O2. The zero-order valence-corrected chi connectivity index (χ0v) is 14.5. The molecule has 0 saturated carbocycles. The van der Waals surface area contributed by atoms with E-state index in [-0.39, 0.29) is 36.2 Å². The van der Waals surface area contributed by atoms with Crippen LogP contribution >= 0.6 is 0 Å². The summed E-state index contributed by atoms with van der Waals surface area (Å²) >= 11 is 0. The van der Waals surface area contributed by atoms with Crippen molar-refractivity contribution in [3.8, 4) is 0 Å². The molecule has 0 spiro atoms. The number of hydrogen-bond acceptors (Lipinski definition) is 3. The summed E-state index contributed by atoms with van der Waals surface area (Å²) in [5.41, 5.74) is 0.915. The molecule has 2 aromatic carbocycles. The molecule has 5 nitrogen and oxygen atoms in total. The van der Waals surface area contributed by atoms with Crippen molar-refractivity contribution in [1.82, 2.24) is 15.3 Å². The van der Waals surface area contributed by atoms with Gasteiger partial charge in [-0.2, -0.15) is 0 Å². The molecule has 0 aliphatic heterocycles. The Morgan fingerprint density at radius 2 is 1.92 bits per heavy atom. The Morgan fingerprint density at radius 3 is 2.73 bits per heavy atom. The average molecular weight is 353 g/mol. The van der Waals surface area contributed by atoms with Crippen molar-refractivity contribution in [2.75, 3.05) is 0 Å². The van der Waals surface area contributed by atoms with Crippen LogP contribution in [0.3, 0.4) is 0 Å². The maximum Gasteiger partial charge on any atom is 0.258 e. The molecule has 3 rings (SSSR count). The van der Waals surface area contributed by atoms with E-state index in [0.717, 1.165) is 0 Å². The summed E-state index contributed by atoms with van der Waals surface area (Å²) in [7, 11) is 0. The highest BCUT2D eigenvalue weighted by molar-refractivity contribution is 5.77. The van der Waals surface area contributed by atoms with E-state index < -0.39 is 0 Å². The van der Waals surface area contributed by atoms with Crippen LogP contribution in [0.5, 0.6) is 0 Å². The van der Waals surface area contributed by atoms with Gasteiger partial charge in [0.1, 0.15) is 11.6 Å². The van der Waals surface area contributed by atoms with Crippen molar-refractivity contribution < 1.29 is 9.18 Å². The lowest BCUT2D eigenvalue weighted by Gasteiger charge is -2.12. The summed E-state index contributed by atoms with van der Waals surface area (Å²) in [6, 6.07) is 13.5. The van der Waals surface area contributed by atoms with Crippen LogP contribution in [-0.2, 0) is 17.8 Å². The van der Waals surface area contributed by atoms with Gasteiger partial charge in [-0.15, -0.1) is 0 Å². The summed E-state index contributed by atoms with van der Waals surface area (Å²) in [5.74, 6) is 0.0470. The van der Waals surface area contributed by atoms with E-state index in [4.69, 9.17) is 0 Å². The topological polar surface area (TPSA) is 74.8 Å². The normalized spacial score (nSPS) is 12.1. The van der Waals surface area contributed by atoms with Crippen molar-refractivity contribution in [2.24, 2.45) is 5.92 Å². The molecule has 0 fully saturated rings. The first-order chi connectivity index (χ1) is 12.5. The van der Waals surface area contributed by atoms with Gasteiger partial charge in [-0.05, 0) is 24.1 Å². The van der Waals surface area contributed by atoms with Crippen LogP contribution in [0.2, 0.25) is 0 Å². The molecule has 0 aliphatic rings. The summed E-state index contributed by atoms with van der Waals surface area (Å²) in [6.07, 6.45) is 0.748. The number of benzene rings is 2. The van der Waals surface area contributed by atoms with Crippen molar-refractivity contribution in [1.29, 1.82) is 0 Å². The summed E-state index contributed by atoms with van der Waals surface area (Å²) < 4.78 is 13.6. The number of aromatic amines is 1. The number of halogens is 1. The SMILES string of the molecule is C[C@@H](CC(=O)NCc1ccccc1F)Cc1nc2ccccc2c(=O)[nH]1. The predicted octanol–water partition coefficient (Wildman–Crippen LogP) is 2.95. The zero-order chi connectivity index (χ0) is 18.5. The Kier molecular flexibility index (Phi) is 5.41. The minimum absolute atomic E-state index is 0.0140. The lowest BCUT2D eigenvalue weighted by atomic mass is 10.0. The first-order valence-corrected chi connectivity index (χ1v) is 8.51. The first-order valence-electron chi connectivity index (χ1n) is 8.51. The molecule has 3 aromatic rings. The lowest BCUT2D eigenvalue weighted by molar-refractivity contribution is -0.122. The molecule has 1 amide bonds. The molecule has 1 aromatic heterocycles. The van der Waals surface area contributed by atoms with E-state index in [2.05, 4.69) is 15.3 Å². The van der Waals surface area contributed by atoms with Crippen LogP contribution in [0.1, 0.15) is 24.7 Å². The highest BCUT2D eigenvalue weighted by Gasteiger charge is 2.13. The Bertz CT molecular complexity index is 984. The van der Waals surface area contributed by atoms with Gasteiger partial charge in [-0.3, -0.25) is 9.59 Å². The maximum atomic E-state index is 13.6. The third-order valence-electron chi connectivity index (χ3n) is 4.17. The van der Waals surface area contributed by atoms with E-state index in [1.165, 1.54) is 6.07 Å². The minimum atomic E-state index is -0.334. The second-order valence-electron chi connectivity index (χ2n) is 6.41. The number of fused-ring (bicyclic) bond motifs is 1. The number of carbonyl (C=O) groups is 1. The van der Waals surface area contributed by atoms with Crippen LogP contribution in [0.15, 0.2) is 53.3 Å². The van der Waals surface area contributed by atoms with Crippen LogP contribution in [0.25, 0.3) is 10.9 Å². The Morgan fingerprint density at radius 1 is 1.19 bits per heavy atom. The first kappa shape index (κ1) is 17.8. The van der Waals surface area contributed by atoms with Crippen molar-refractivity contribution >= 4 is 16.8 Å². The second-order valence-corrected chi connectivity index (χ2v) is 6.41. The number of aromatic nitrogens is 2. The van der Waals surface area contributed by atoms with E-state index >= 15 is 0 Å². The standard InChI is InChI=1S/C20H20FN3O2/c1-13(11-19(25)22-12-14-6-2-4-8-16(14)21)10-18-23-17-9-5-3-7-15(17)20(26)24-18/h2-9,13H,10-12H2,1H3,(H,22,25)(H,23,24,26)/t13-/m1/s1. The van der Waals surface area contributed by atoms with E-state index in [1.807, 2.05) is 13.0 Å². The Labute approximate surface area is 150 Å². The fourth-order valence-electron chi connectivity index (χ4n) is 2.86. The van der Waals surface area contributed by atoms with Gasteiger partial charge in [0.05, 0.1) is 10.9 Å². The third kappa shape index (κ3) is 4.33. The van der Waals surface area contributed by atoms with Crippen molar-refractivity contribution in [2.45, 2.75) is 26.3 Å². The van der Waals surface area contributed by atoms with Gasteiger partial charge < -0.3 is 10.3 Å². The van der Waals surface area contributed by atoms with E-state index in [9.17, 15) is 14.0 Å². The van der Waals surface area contributed by atoms with Gasteiger partial charge >= 0.3 is 0 Å². The number of para-hydroxylation sites is 1. The van der Waals surface area contributed by atoms with Gasteiger partial charge in [0, 0.05) is 24.9 Å². The zero-order valence-electron chi connectivity index (χ0n) is 14.5. The molecule has 0 aliphatic carbocycles. The van der Waals surface area contributed by atoms with Crippen LogP contribution < -0.4 is 10.9 Å². The number of nitrogens with one attached hydrogen (secondary N) is 2. The lowest BCUT2D eigenvalue weighted by Crippen LogP contribution is -2.26. The number of nitrogens with zero attached hydrogens (tertiary/aromatic N) is 1. The molecule has 134 valence electrons. The summed E-state index contributed by atoms with van der Waals surface area (Å²) in [4.78, 5) is 31.4. The van der Waals surface area contributed by atoms with Gasteiger partial charge in [0.15, 0.2) is 0 Å². The molecule has 0 radical (unpaired) electrons. The van der Waals surface area contributed by atoms with Crippen molar-refractivity contribution in [3.05, 3.63) is 76.1 Å². The fourth-order valence-corrected chi connectivity index (χ4v) is 2.86. The fraction of sp³-hybridized carbons (Fsp3) is 0.250. The van der Waals surface area contributed by atoms with Gasteiger partial charge in [-0.1, -0.05) is 37.3 Å². The van der Waals surface area contributed by atoms with Crippen LogP contribution in [0.4, 0.5) is 4.39 Å². The minimum Gasteiger partial charge on any atom is -0.352 e. The number of carbonyl (C=O) groups excluding carboxylic acids is 1. The summed E-state index contributed by atoms with van der Waals surface area (Å²) in [5, 5.41) is 3.27.